The van der Waals surface area contributed by atoms with E-state index in [2.05, 4.69) is 51.9 Å². The number of benzene rings is 2. The molecule has 0 saturated carbocycles. The highest BCUT2D eigenvalue weighted by atomic mass is 127. The number of hydrogen-bond donors (Lipinski definition) is 2. The van der Waals surface area contributed by atoms with E-state index in [1.165, 1.54) is 6.21 Å². The maximum Gasteiger partial charge on any atom is 0.272 e. The molecule has 6 heteroatoms. The molecule has 0 fully saturated rings. The lowest BCUT2D eigenvalue weighted by Crippen LogP contribution is -2.21. The second-order valence-electron chi connectivity index (χ2n) is 5.09. The van der Waals surface area contributed by atoms with Crippen molar-refractivity contribution in [3.8, 4) is 5.75 Å². The van der Waals surface area contributed by atoms with Crippen molar-refractivity contribution in [2.24, 2.45) is 5.10 Å². The minimum absolute atomic E-state index is 0.131. The van der Waals surface area contributed by atoms with Crippen LogP contribution in [0.4, 0.5) is 5.69 Å². The molecule has 2 N–H and O–H groups in total. The van der Waals surface area contributed by atoms with Crippen molar-refractivity contribution in [3.63, 3.8) is 0 Å². The molecule has 0 radical (unpaired) electrons. The molecule has 0 heterocycles. The van der Waals surface area contributed by atoms with Gasteiger partial charge < -0.3 is 10.0 Å². The van der Waals surface area contributed by atoms with Gasteiger partial charge in [0.1, 0.15) is 5.75 Å². The van der Waals surface area contributed by atoms with E-state index < -0.39 is 0 Å². The number of aromatic hydroxyl groups is 1. The Morgan fingerprint density at radius 3 is 2.58 bits per heavy atom. The number of hydrazone groups is 1. The van der Waals surface area contributed by atoms with Gasteiger partial charge in [-0.05, 0) is 60.7 Å². The number of phenolic OH excluding ortho intramolecular Hbond substituents is 1. The van der Waals surface area contributed by atoms with Crippen molar-refractivity contribution in [1.29, 1.82) is 0 Å². The Labute approximate surface area is 155 Å². The Hall–Kier alpha value is -2.09. The van der Waals surface area contributed by atoms with Gasteiger partial charge in [-0.25, -0.2) is 5.43 Å². The third-order valence-electron chi connectivity index (χ3n) is 3.63. The van der Waals surface area contributed by atoms with Crippen LogP contribution in [0.2, 0.25) is 0 Å². The van der Waals surface area contributed by atoms with Crippen molar-refractivity contribution in [3.05, 3.63) is 57.2 Å². The summed E-state index contributed by atoms with van der Waals surface area (Å²) < 4.78 is 0.856. The zero-order chi connectivity index (χ0) is 17.5. The van der Waals surface area contributed by atoms with Crippen molar-refractivity contribution < 1.29 is 9.90 Å². The van der Waals surface area contributed by atoms with E-state index >= 15 is 0 Å². The second kappa shape index (κ2) is 8.68. The number of halogens is 1. The molecule has 0 aliphatic heterocycles. The summed E-state index contributed by atoms with van der Waals surface area (Å²) in [6.07, 6.45) is 1.44. The number of nitrogens with one attached hydrogen (secondary N) is 1. The Balaban J connectivity index is 2.07. The molecule has 1 amide bonds. The van der Waals surface area contributed by atoms with Crippen molar-refractivity contribution in [1.82, 2.24) is 5.43 Å². The number of carbonyl (C=O) groups excluding carboxylic acids is 1. The third-order valence-corrected chi connectivity index (χ3v) is 4.57. The molecule has 0 aromatic heterocycles. The zero-order valence-electron chi connectivity index (χ0n) is 13.7. The van der Waals surface area contributed by atoms with Gasteiger partial charge in [0.05, 0.1) is 11.8 Å². The van der Waals surface area contributed by atoms with Crippen LogP contribution in [0.15, 0.2) is 47.6 Å². The molecule has 0 aliphatic rings. The highest BCUT2D eigenvalue weighted by molar-refractivity contribution is 14.1. The Morgan fingerprint density at radius 2 is 1.96 bits per heavy atom. The molecule has 0 saturated heterocycles. The van der Waals surface area contributed by atoms with Crippen LogP contribution < -0.4 is 10.3 Å². The fraction of sp³-hybridized carbons (Fsp3) is 0.222. The van der Waals surface area contributed by atoms with Crippen LogP contribution >= 0.6 is 22.6 Å². The second-order valence-corrected chi connectivity index (χ2v) is 6.26. The van der Waals surface area contributed by atoms with E-state index in [4.69, 9.17) is 0 Å². The quantitative estimate of drug-likeness (QED) is 0.413. The van der Waals surface area contributed by atoms with Crippen LogP contribution in [0.1, 0.15) is 29.8 Å². The number of amides is 1. The fourth-order valence-corrected chi connectivity index (χ4v) is 2.93. The van der Waals surface area contributed by atoms with Crippen molar-refractivity contribution in [2.45, 2.75) is 13.8 Å². The summed E-state index contributed by atoms with van der Waals surface area (Å²) in [5.41, 5.74) is 4.55. The minimum atomic E-state index is -0.282. The molecule has 24 heavy (non-hydrogen) atoms. The van der Waals surface area contributed by atoms with Crippen LogP contribution in [0.5, 0.6) is 5.75 Å². The summed E-state index contributed by atoms with van der Waals surface area (Å²) in [5, 5.41) is 14.1. The summed E-state index contributed by atoms with van der Waals surface area (Å²) in [6, 6.07) is 12.7. The summed E-state index contributed by atoms with van der Waals surface area (Å²) in [7, 11) is 0. The Morgan fingerprint density at radius 1 is 1.25 bits per heavy atom. The van der Waals surface area contributed by atoms with Gasteiger partial charge in [-0.15, -0.1) is 0 Å². The van der Waals surface area contributed by atoms with Crippen molar-refractivity contribution >= 4 is 40.4 Å². The first kappa shape index (κ1) is 18.3. The van der Waals surface area contributed by atoms with Gasteiger partial charge in [0, 0.05) is 34.0 Å². The molecular formula is C18H20IN3O2. The standard InChI is InChI=1S/C18H20IN3O2/c1-3-22(4-2)14-10-9-13(17(23)11-14)12-20-21-18(24)15-7-5-6-8-16(15)19/h5-12,23H,3-4H2,1-2H3,(H,21,24). The first-order valence-electron chi connectivity index (χ1n) is 7.72. The summed E-state index contributed by atoms with van der Waals surface area (Å²) in [4.78, 5) is 14.2. The van der Waals surface area contributed by atoms with E-state index in [1.807, 2.05) is 18.2 Å². The third kappa shape index (κ3) is 4.47. The Bertz CT molecular complexity index is 743. The van der Waals surface area contributed by atoms with Gasteiger partial charge in [-0.2, -0.15) is 5.10 Å². The van der Waals surface area contributed by atoms with Crippen LogP contribution in [-0.4, -0.2) is 30.3 Å². The highest BCUT2D eigenvalue weighted by Gasteiger charge is 2.08. The van der Waals surface area contributed by atoms with Crippen molar-refractivity contribution in [2.75, 3.05) is 18.0 Å². The lowest BCUT2D eigenvalue weighted by Gasteiger charge is -2.21. The number of anilines is 1. The molecule has 2 rings (SSSR count). The molecular weight excluding hydrogens is 417 g/mol. The first-order valence-corrected chi connectivity index (χ1v) is 8.80. The van der Waals surface area contributed by atoms with Crippen LogP contribution in [0, 0.1) is 3.57 Å². The molecule has 0 aliphatic carbocycles. The van der Waals surface area contributed by atoms with Crippen LogP contribution in [0.3, 0.4) is 0 Å². The largest absolute Gasteiger partial charge is 0.507 e. The van der Waals surface area contributed by atoms with Crippen LogP contribution in [0.25, 0.3) is 0 Å². The molecule has 5 nitrogen and oxygen atoms in total. The molecule has 126 valence electrons. The van der Waals surface area contributed by atoms with E-state index in [1.54, 1.807) is 24.3 Å². The van der Waals surface area contributed by atoms with Gasteiger partial charge in [0.25, 0.3) is 5.91 Å². The first-order chi connectivity index (χ1) is 11.6. The number of carbonyl (C=O) groups is 1. The van der Waals surface area contributed by atoms with E-state index in [0.29, 0.717) is 11.1 Å². The van der Waals surface area contributed by atoms with E-state index in [-0.39, 0.29) is 11.7 Å². The normalized spacial score (nSPS) is 10.8. The molecule has 0 spiro atoms. The zero-order valence-corrected chi connectivity index (χ0v) is 15.8. The SMILES string of the molecule is CCN(CC)c1ccc(C=NNC(=O)c2ccccc2I)c(O)c1. The molecule has 2 aromatic rings. The summed E-state index contributed by atoms with van der Waals surface area (Å²) in [6.45, 7) is 5.87. The number of nitrogens with zero attached hydrogens (tertiary/aromatic N) is 2. The average molecular weight is 437 g/mol. The summed E-state index contributed by atoms with van der Waals surface area (Å²) >= 11 is 2.10. The predicted molar refractivity (Wildman–Crippen MR) is 106 cm³/mol. The molecule has 0 atom stereocenters. The summed E-state index contributed by atoms with van der Waals surface area (Å²) in [5.74, 6) is -0.151. The lowest BCUT2D eigenvalue weighted by molar-refractivity contribution is 0.0954. The Kier molecular flexibility index (Phi) is 6.60. The molecule has 0 unspecified atom stereocenters. The van der Waals surface area contributed by atoms with E-state index in [9.17, 15) is 9.90 Å². The van der Waals surface area contributed by atoms with Gasteiger partial charge >= 0.3 is 0 Å². The van der Waals surface area contributed by atoms with Gasteiger partial charge in [-0.1, -0.05) is 12.1 Å². The lowest BCUT2D eigenvalue weighted by atomic mass is 10.2. The topological polar surface area (TPSA) is 64.9 Å². The fourth-order valence-electron chi connectivity index (χ4n) is 2.29. The maximum atomic E-state index is 12.1. The highest BCUT2D eigenvalue weighted by Crippen LogP contribution is 2.23. The van der Waals surface area contributed by atoms with Gasteiger partial charge in [-0.3, -0.25) is 4.79 Å². The van der Waals surface area contributed by atoms with Gasteiger partial charge in [0.15, 0.2) is 0 Å². The average Bonchev–Trinajstić information content (AvgIpc) is 2.58. The number of hydrogen-bond acceptors (Lipinski definition) is 4. The van der Waals surface area contributed by atoms with E-state index in [0.717, 1.165) is 22.3 Å². The number of rotatable bonds is 6. The monoisotopic (exact) mass is 437 g/mol. The predicted octanol–water partition coefficient (Wildman–Crippen LogP) is 3.61. The maximum absolute atomic E-state index is 12.1. The van der Waals surface area contributed by atoms with Gasteiger partial charge in [0.2, 0.25) is 0 Å². The smallest absolute Gasteiger partial charge is 0.272 e. The number of phenols is 1. The minimum Gasteiger partial charge on any atom is -0.507 e. The molecule has 0 bridgehead atoms. The van der Waals surface area contributed by atoms with Crippen LogP contribution in [-0.2, 0) is 0 Å². The molecule has 2 aromatic carbocycles.